The van der Waals surface area contributed by atoms with Gasteiger partial charge in [-0.15, -0.1) is 0 Å². The van der Waals surface area contributed by atoms with Crippen LogP contribution in [0.3, 0.4) is 0 Å². The third-order valence-electron chi connectivity index (χ3n) is 4.24. The molecule has 9 heteroatoms. The summed E-state index contributed by atoms with van der Waals surface area (Å²) in [5.41, 5.74) is 6.20. The third kappa shape index (κ3) is 4.88. The van der Waals surface area contributed by atoms with Crippen LogP contribution >= 0.6 is 0 Å². The van der Waals surface area contributed by atoms with Gasteiger partial charge in [-0.1, -0.05) is 0 Å². The fourth-order valence-electron chi connectivity index (χ4n) is 2.75. The van der Waals surface area contributed by atoms with E-state index in [-0.39, 0.29) is 28.8 Å². The Morgan fingerprint density at radius 3 is 2.87 bits per heavy atom. The summed E-state index contributed by atoms with van der Waals surface area (Å²) in [6.07, 6.45) is 2.97. The van der Waals surface area contributed by atoms with Crippen molar-refractivity contribution in [1.82, 2.24) is 10.2 Å². The summed E-state index contributed by atoms with van der Waals surface area (Å²) in [7, 11) is 3.40. The molecule has 0 saturated heterocycles. The van der Waals surface area contributed by atoms with Gasteiger partial charge < -0.3 is 30.5 Å². The number of hydrogen-bond acceptors (Lipinski definition) is 6. The molecule has 30 heavy (non-hydrogen) atoms. The number of nitrogens with zero attached hydrogens (tertiary/aromatic N) is 2. The van der Waals surface area contributed by atoms with E-state index in [9.17, 15) is 14.7 Å². The fraction of sp³-hybridized carbons (Fsp3) is 0.190. The lowest BCUT2D eigenvalue weighted by atomic mass is 10.1. The Morgan fingerprint density at radius 1 is 1.30 bits per heavy atom. The molecule has 1 aliphatic heterocycles. The van der Waals surface area contributed by atoms with Crippen LogP contribution in [0.2, 0.25) is 0 Å². The normalized spacial score (nSPS) is 14.1. The minimum absolute atomic E-state index is 0.0118. The topological polar surface area (TPSA) is 126 Å². The number of amidine groups is 1. The van der Waals surface area contributed by atoms with Crippen LogP contribution in [0.25, 0.3) is 0 Å². The van der Waals surface area contributed by atoms with Crippen molar-refractivity contribution in [1.29, 1.82) is 0 Å². The summed E-state index contributed by atoms with van der Waals surface area (Å²) in [5, 5.41) is 12.7. The van der Waals surface area contributed by atoms with Gasteiger partial charge in [0.15, 0.2) is 0 Å². The van der Waals surface area contributed by atoms with Crippen molar-refractivity contribution in [2.75, 3.05) is 27.2 Å². The van der Waals surface area contributed by atoms with Crippen LogP contribution in [-0.2, 0) is 0 Å². The van der Waals surface area contributed by atoms with Crippen molar-refractivity contribution in [3.8, 4) is 23.0 Å². The molecule has 1 aliphatic rings. The van der Waals surface area contributed by atoms with Crippen LogP contribution in [0.15, 0.2) is 53.7 Å². The highest BCUT2D eigenvalue weighted by Gasteiger charge is 2.21. The molecule has 0 atom stereocenters. The molecule has 2 aromatic rings. The Balaban J connectivity index is 1.84. The van der Waals surface area contributed by atoms with Gasteiger partial charge in [-0.2, -0.15) is 4.99 Å². The van der Waals surface area contributed by atoms with Crippen molar-refractivity contribution in [3.63, 3.8) is 0 Å². The lowest BCUT2D eigenvalue weighted by Crippen LogP contribution is -2.27. The Morgan fingerprint density at radius 2 is 2.10 bits per heavy atom. The molecule has 9 nitrogen and oxygen atoms in total. The third-order valence-corrected chi connectivity index (χ3v) is 4.24. The molecule has 3 rings (SSSR count). The number of ether oxygens (including phenoxy) is 2. The summed E-state index contributed by atoms with van der Waals surface area (Å²) >= 11 is 0. The molecule has 4 N–H and O–H groups in total. The Kier molecular flexibility index (Phi) is 6.21. The van der Waals surface area contributed by atoms with Gasteiger partial charge in [0.2, 0.25) is 0 Å². The number of aromatic hydroxyl groups is 1. The number of aliphatic imine (C=N–C) groups is 1. The lowest BCUT2D eigenvalue weighted by Gasteiger charge is -2.13. The van der Waals surface area contributed by atoms with E-state index in [1.54, 1.807) is 37.2 Å². The van der Waals surface area contributed by atoms with Gasteiger partial charge in [-0.3, -0.25) is 9.59 Å². The molecule has 0 saturated carbocycles. The zero-order valence-corrected chi connectivity index (χ0v) is 16.6. The second-order valence-corrected chi connectivity index (χ2v) is 6.51. The van der Waals surface area contributed by atoms with Crippen LogP contribution in [0.1, 0.15) is 20.7 Å². The lowest BCUT2D eigenvalue weighted by molar-refractivity contribution is 0.0796. The highest BCUT2D eigenvalue weighted by atomic mass is 16.5. The van der Waals surface area contributed by atoms with E-state index >= 15 is 0 Å². The number of carbonyl (C=O) groups is 2. The molecule has 0 unspecified atom stereocenters. The number of amides is 2. The van der Waals surface area contributed by atoms with Crippen molar-refractivity contribution in [2.45, 2.75) is 0 Å². The minimum atomic E-state index is -0.632. The van der Waals surface area contributed by atoms with Crippen molar-refractivity contribution in [2.24, 2.45) is 10.7 Å². The molecular formula is C21H22N4O5. The van der Waals surface area contributed by atoms with Crippen LogP contribution in [0, 0.1) is 0 Å². The predicted molar refractivity (Wildman–Crippen MR) is 111 cm³/mol. The number of rotatable bonds is 5. The largest absolute Gasteiger partial charge is 0.508 e. The van der Waals surface area contributed by atoms with Gasteiger partial charge >= 0.3 is 0 Å². The van der Waals surface area contributed by atoms with Gasteiger partial charge in [0.25, 0.3) is 11.8 Å². The van der Waals surface area contributed by atoms with E-state index in [1.807, 2.05) is 0 Å². The average Bonchev–Trinajstić information content (AvgIpc) is 2.84. The number of nitrogens with two attached hydrogens (primary N) is 1. The Bertz CT molecular complexity index is 1030. The number of likely N-dealkylation sites (N-methyl/N-ethyl adjacent to an activating group) is 1. The number of nitrogens with one attached hydrogen (secondary N) is 1. The van der Waals surface area contributed by atoms with Gasteiger partial charge in [0, 0.05) is 31.8 Å². The first-order valence-electron chi connectivity index (χ1n) is 9.14. The summed E-state index contributed by atoms with van der Waals surface area (Å²) in [6, 6.07) is 8.88. The SMILES string of the molecule is CN/C=C\C(N)=NC(=O)c1cc(O)cc(Oc2ccc3c(c2)OCCN(C)C3=O)c1. The molecule has 0 aliphatic carbocycles. The molecule has 0 radical (unpaired) electrons. The standard InChI is InChI=1S/C21H22N4O5/c1-23-6-5-19(22)24-20(27)13-9-14(26)11-16(10-13)30-15-3-4-17-18(12-15)29-8-7-25(2)21(17)28/h3-6,9-12,23,26H,7-8H2,1-2H3,(H2,22,24,27)/b6-5-. The molecule has 0 fully saturated rings. The molecule has 0 bridgehead atoms. The average molecular weight is 410 g/mol. The second kappa shape index (κ2) is 8.99. The van der Waals surface area contributed by atoms with Gasteiger partial charge in [-0.05, 0) is 36.5 Å². The second-order valence-electron chi connectivity index (χ2n) is 6.51. The van der Waals surface area contributed by atoms with Crippen molar-refractivity contribution in [3.05, 3.63) is 59.8 Å². The Hall–Kier alpha value is -4.01. The Labute approximate surface area is 173 Å². The van der Waals surface area contributed by atoms with Gasteiger partial charge in [0.05, 0.1) is 12.1 Å². The monoisotopic (exact) mass is 410 g/mol. The van der Waals surface area contributed by atoms with Crippen molar-refractivity contribution >= 4 is 17.6 Å². The zero-order valence-electron chi connectivity index (χ0n) is 16.6. The highest BCUT2D eigenvalue weighted by Crippen LogP contribution is 2.32. The maximum absolute atomic E-state index is 12.3. The number of benzene rings is 2. The first kappa shape index (κ1) is 20.7. The summed E-state index contributed by atoms with van der Waals surface area (Å²) < 4.78 is 11.4. The van der Waals surface area contributed by atoms with Crippen LogP contribution in [0.5, 0.6) is 23.0 Å². The first-order chi connectivity index (χ1) is 14.4. The number of phenols is 1. The summed E-state index contributed by atoms with van der Waals surface area (Å²) in [4.78, 5) is 30.0. The van der Waals surface area contributed by atoms with Crippen LogP contribution < -0.4 is 20.5 Å². The molecule has 0 aromatic heterocycles. The number of phenolic OH excluding ortho intramolecular Hbond substituents is 1. The maximum atomic E-state index is 12.3. The number of hydrogen-bond donors (Lipinski definition) is 3. The molecule has 2 aromatic carbocycles. The molecule has 2 amide bonds. The first-order valence-corrected chi connectivity index (χ1v) is 9.14. The van der Waals surface area contributed by atoms with Crippen LogP contribution in [0.4, 0.5) is 0 Å². The van der Waals surface area contributed by atoms with E-state index in [0.717, 1.165) is 0 Å². The molecule has 156 valence electrons. The molecule has 1 heterocycles. The predicted octanol–water partition coefficient (Wildman–Crippen LogP) is 1.88. The smallest absolute Gasteiger partial charge is 0.279 e. The van der Waals surface area contributed by atoms with E-state index < -0.39 is 5.91 Å². The van der Waals surface area contributed by atoms with E-state index in [4.69, 9.17) is 15.2 Å². The number of fused-ring (bicyclic) bond motifs is 1. The zero-order chi connectivity index (χ0) is 21.7. The summed E-state index contributed by atoms with van der Waals surface area (Å²) in [6.45, 7) is 0.847. The summed E-state index contributed by atoms with van der Waals surface area (Å²) in [5.74, 6) is 0.0860. The maximum Gasteiger partial charge on any atom is 0.279 e. The van der Waals surface area contributed by atoms with Gasteiger partial charge in [0.1, 0.15) is 35.4 Å². The van der Waals surface area contributed by atoms with Gasteiger partial charge in [-0.25, -0.2) is 0 Å². The minimum Gasteiger partial charge on any atom is -0.508 e. The van der Waals surface area contributed by atoms with E-state index in [0.29, 0.717) is 30.2 Å². The van der Waals surface area contributed by atoms with E-state index in [2.05, 4.69) is 10.3 Å². The number of carbonyl (C=O) groups excluding carboxylic acids is 2. The highest BCUT2D eigenvalue weighted by molar-refractivity contribution is 6.06. The molecule has 0 spiro atoms. The van der Waals surface area contributed by atoms with E-state index in [1.165, 1.54) is 30.5 Å². The fourth-order valence-corrected chi connectivity index (χ4v) is 2.75. The van der Waals surface area contributed by atoms with Crippen molar-refractivity contribution < 1.29 is 24.2 Å². The molecular weight excluding hydrogens is 388 g/mol. The van der Waals surface area contributed by atoms with Crippen LogP contribution in [-0.4, -0.2) is 54.9 Å². The quantitative estimate of drug-likeness (QED) is 0.507.